The summed E-state index contributed by atoms with van der Waals surface area (Å²) in [5.74, 6) is 1.39. The zero-order valence-electron chi connectivity index (χ0n) is 10.9. The Balaban J connectivity index is 2.12. The van der Waals surface area contributed by atoms with Crippen LogP contribution in [0.1, 0.15) is 5.56 Å². The van der Waals surface area contributed by atoms with E-state index in [1.807, 2.05) is 0 Å². The van der Waals surface area contributed by atoms with E-state index in [2.05, 4.69) is 42.1 Å². The van der Waals surface area contributed by atoms with Crippen LogP contribution in [-0.4, -0.2) is 15.0 Å². The lowest BCUT2D eigenvalue weighted by atomic mass is 10.2. The number of pyridine rings is 1. The van der Waals surface area contributed by atoms with Gasteiger partial charge in [-0.3, -0.25) is 0 Å². The van der Waals surface area contributed by atoms with Gasteiger partial charge in [-0.2, -0.15) is 0 Å². The molecule has 3 rings (SSSR count). The van der Waals surface area contributed by atoms with Crippen molar-refractivity contribution >= 4 is 38.5 Å². The van der Waals surface area contributed by atoms with Crippen molar-refractivity contribution in [1.82, 2.24) is 15.0 Å². The molecule has 1 N–H and O–H groups in total. The predicted molar refractivity (Wildman–Crippen MR) is 82.6 cm³/mol. The van der Waals surface area contributed by atoms with Crippen LogP contribution >= 0.6 is 15.9 Å². The van der Waals surface area contributed by atoms with Gasteiger partial charge in [0.1, 0.15) is 16.4 Å². The molecule has 0 saturated carbocycles. The van der Waals surface area contributed by atoms with E-state index in [1.165, 1.54) is 24.5 Å². The quantitative estimate of drug-likeness (QED) is 0.558. The largest absolute Gasteiger partial charge is 0.336 e. The molecule has 3 aromatic rings. The van der Waals surface area contributed by atoms with Crippen molar-refractivity contribution in [2.75, 3.05) is 5.32 Å². The molecule has 2 heterocycles. The van der Waals surface area contributed by atoms with Crippen LogP contribution in [0.25, 0.3) is 11.0 Å². The van der Waals surface area contributed by atoms with Crippen molar-refractivity contribution in [3.8, 4) is 12.3 Å². The summed E-state index contributed by atoms with van der Waals surface area (Å²) in [4.78, 5) is 12.0. The number of hydrogen-bond acceptors (Lipinski definition) is 4. The van der Waals surface area contributed by atoms with Gasteiger partial charge >= 0.3 is 0 Å². The number of halogens is 3. The summed E-state index contributed by atoms with van der Waals surface area (Å²) in [5, 5.41) is 2.81. The summed E-state index contributed by atoms with van der Waals surface area (Å²) in [5.41, 5.74) is 0.884. The van der Waals surface area contributed by atoms with E-state index < -0.39 is 11.6 Å². The summed E-state index contributed by atoms with van der Waals surface area (Å²) >= 11 is 3.00. The molecule has 0 aliphatic rings. The highest BCUT2D eigenvalue weighted by atomic mass is 79.9. The molecule has 2 aromatic heterocycles. The normalized spacial score (nSPS) is 10.5. The van der Waals surface area contributed by atoms with Gasteiger partial charge in [0.05, 0.1) is 16.8 Å². The molecule has 0 bridgehead atoms. The first-order valence-electron chi connectivity index (χ1n) is 6.09. The van der Waals surface area contributed by atoms with Gasteiger partial charge in [0, 0.05) is 6.07 Å². The molecule has 0 spiro atoms. The lowest BCUT2D eigenvalue weighted by molar-refractivity contribution is 0.615. The monoisotopic (exact) mass is 360 g/mol. The maximum atomic E-state index is 14.2. The van der Waals surface area contributed by atoms with E-state index in [-0.39, 0.29) is 21.7 Å². The van der Waals surface area contributed by atoms with Crippen molar-refractivity contribution in [1.29, 1.82) is 0 Å². The highest BCUT2D eigenvalue weighted by molar-refractivity contribution is 9.10. The lowest BCUT2D eigenvalue weighted by Gasteiger charge is -2.09. The molecular weight excluding hydrogens is 354 g/mol. The predicted octanol–water partition coefficient (Wildman–Crippen LogP) is 3.79. The number of rotatable bonds is 2. The number of terminal acetylenes is 1. The summed E-state index contributed by atoms with van der Waals surface area (Å²) in [6, 6.07) is 5.84. The Morgan fingerprint density at radius 3 is 2.82 bits per heavy atom. The van der Waals surface area contributed by atoms with Crippen molar-refractivity contribution in [2.24, 2.45) is 0 Å². The fourth-order valence-corrected chi connectivity index (χ4v) is 2.19. The van der Waals surface area contributed by atoms with Gasteiger partial charge in [0.2, 0.25) is 0 Å². The molecule has 0 atom stereocenters. The van der Waals surface area contributed by atoms with E-state index >= 15 is 0 Å². The van der Waals surface area contributed by atoms with Crippen LogP contribution in [0.15, 0.2) is 35.2 Å². The highest BCUT2D eigenvalue weighted by Gasteiger charge is 2.12. The Hall–Kier alpha value is -2.59. The van der Waals surface area contributed by atoms with Crippen LogP contribution in [0.2, 0.25) is 0 Å². The molecule has 0 amide bonds. The molecule has 0 saturated heterocycles. The van der Waals surface area contributed by atoms with Gasteiger partial charge < -0.3 is 5.32 Å². The number of nitrogens with zero attached hydrogens (tertiary/aromatic N) is 3. The Labute approximate surface area is 132 Å². The van der Waals surface area contributed by atoms with Gasteiger partial charge in [-0.15, -0.1) is 6.42 Å². The fraction of sp³-hybridized carbons (Fsp3) is 0. The van der Waals surface area contributed by atoms with E-state index in [1.54, 1.807) is 6.07 Å². The summed E-state index contributed by atoms with van der Waals surface area (Å²) in [6.07, 6.45) is 6.48. The van der Waals surface area contributed by atoms with Crippen LogP contribution in [0, 0.1) is 24.0 Å². The minimum Gasteiger partial charge on any atom is -0.336 e. The number of hydrogen-bond donors (Lipinski definition) is 1. The van der Waals surface area contributed by atoms with E-state index in [4.69, 9.17) is 6.42 Å². The first-order chi connectivity index (χ1) is 10.6. The van der Waals surface area contributed by atoms with E-state index in [9.17, 15) is 8.78 Å². The average molecular weight is 361 g/mol. The molecule has 22 heavy (non-hydrogen) atoms. The Bertz CT molecular complexity index is 921. The molecule has 0 fully saturated rings. The van der Waals surface area contributed by atoms with Crippen LogP contribution in [0.4, 0.5) is 20.3 Å². The Morgan fingerprint density at radius 1 is 1.23 bits per heavy atom. The van der Waals surface area contributed by atoms with Crippen LogP contribution in [0.5, 0.6) is 0 Å². The number of aromatic nitrogens is 3. The average Bonchev–Trinajstić information content (AvgIpc) is 2.51. The zero-order valence-corrected chi connectivity index (χ0v) is 12.5. The Kier molecular flexibility index (Phi) is 3.69. The van der Waals surface area contributed by atoms with Crippen LogP contribution in [0.3, 0.4) is 0 Å². The summed E-state index contributed by atoms with van der Waals surface area (Å²) in [6.45, 7) is 0. The third-order valence-corrected chi connectivity index (χ3v) is 3.48. The van der Waals surface area contributed by atoms with E-state index in [0.717, 1.165) is 0 Å². The maximum Gasteiger partial charge on any atom is 0.162 e. The smallest absolute Gasteiger partial charge is 0.162 e. The first kappa shape index (κ1) is 14.4. The number of benzene rings is 1. The van der Waals surface area contributed by atoms with Gasteiger partial charge in [-0.25, -0.2) is 23.7 Å². The maximum absolute atomic E-state index is 14.2. The number of anilines is 2. The van der Waals surface area contributed by atoms with Gasteiger partial charge in [-0.1, -0.05) is 12.0 Å². The minimum atomic E-state index is -0.571. The van der Waals surface area contributed by atoms with E-state index in [0.29, 0.717) is 11.0 Å². The molecular formula is C15H7BrF2N4. The molecule has 0 unspecified atom stereocenters. The zero-order chi connectivity index (χ0) is 15.7. The van der Waals surface area contributed by atoms with Crippen molar-refractivity contribution in [3.63, 3.8) is 0 Å². The molecule has 0 aliphatic heterocycles. The van der Waals surface area contributed by atoms with Crippen LogP contribution in [-0.2, 0) is 0 Å². The van der Waals surface area contributed by atoms with Gasteiger partial charge in [-0.05, 0) is 28.1 Å². The van der Waals surface area contributed by atoms with Gasteiger partial charge in [0.25, 0.3) is 0 Å². The first-order valence-corrected chi connectivity index (χ1v) is 6.88. The SMILES string of the molecule is C#Cc1cccc(Nc2ncnc3cc(F)c(Br)nc23)c1F. The molecule has 1 aromatic carbocycles. The second kappa shape index (κ2) is 5.66. The second-order valence-corrected chi connectivity index (χ2v) is 5.04. The third-order valence-electron chi connectivity index (χ3n) is 2.93. The molecule has 7 heteroatoms. The minimum absolute atomic E-state index is 0.0238. The summed E-state index contributed by atoms with van der Waals surface area (Å²) < 4.78 is 27.7. The Morgan fingerprint density at radius 2 is 2.05 bits per heavy atom. The lowest BCUT2D eigenvalue weighted by Crippen LogP contribution is -2.01. The number of nitrogens with one attached hydrogen (secondary N) is 1. The second-order valence-electron chi connectivity index (χ2n) is 4.29. The van der Waals surface area contributed by atoms with Crippen molar-refractivity contribution in [2.45, 2.75) is 0 Å². The third kappa shape index (κ3) is 2.49. The van der Waals surface area contributed by atoms with Crippen LogP contribution < -0.4 is 5.32 Å². The molecule has 108 valence electrons. The summed E-state index contributed by atoms with van der Waals surface area (Å²) in [7, 11) is 0. The highest BCUT2D eigenvalue weighted by Crippen LogP contribution is 2.26. The molecule has 4 nitrogen and oxygen atoms in total. The van der Waals surface area contributed by atoms with Crippen molar-refractivity contribution in [3.05, 3.63) is 52.4 Å². The standard InChI is InChI=1S/C15H7BrF2N4/c1-2-8-4-3-5-10(12(8)18)21-15-13-11(19-7-20-15)6-9(17)14(16)22-13/h1,3-7H,(H,19,20,21). The molecule has 0 aliphatic carbocycles. The molecule has 0 radical (unpaired) electrons. The fourth-order valence-electron chi connectivity index (χ4n) is 1.90. The van der Waals surface area contributed by atoms with Gasteiger partial charge in [0.15, 0.2) is 17.5 Å². The topological polar surface area (TPSA) is 50.7 Å². The van der Waals surface area contributed by atoms with Crippen molar-refractivity contribution < 1.29 is 8.78 Å². The number of fused-ring (bicyclic) bond motifs is 1.